The molecule has 0 aliphatic carbocycles. The van der Waals surface area contributed by atoms with Gasteiger partial charge in [-0.25, -0.2) is 14.6 Å². The normalized spacial score (nSPS) is 10.7. The topological polar surface area (TPSA) is 90.7 Å². The van der Waals surface area contributed by atoms with Gasteiger partial charge < -0.3 is 15.1 Å². The highest BCUT2D eigenvalue weighted by Gasteiger charge is 2.14. The minimum absolute atomic E-state index is 0.196. The van der Waals surface area contributed by atoms with Gasteiger partial charge in [0, 0.05) is 28.2 Å². The van der Waals surface area contributed by atoms with E-state index in [0.29, 0.717) is 11.4 Å². The first-order valence-electron chi connectivity index (χ1n) is 13.7. The zero-order valence-corrected chi connectivity index (χ0v) is 23.0. The van der Waals surface area contributed by atoms with Crippen LogP contribution in [-0.2, 0) is 0 Å². The van der Waals surface area contributed by atoms with E-state index in [0.717, 1.165) is 39.3 Å². The van der Waals surface area contributed by atoms with Crippen molar-refractivity contribution in [1.29, 1.82) is 0 Å². The summed E-state index contributed by atoms with van der Waals surface area (Å²) >= 11 is 0. The molecule has 1 heterocycles. The molecule has 0 fully saturated rings. The summed E-state index contributed by atoms with van der Waals surface area (Å²) in [6.07, 6.45) is 0. The summed E-state index contributed by atoms with van der Waals surface area (Å²) in [5, 5.41) is 18.7. The smallest absolute Gasteiger partial charge is 0.335 e. The van der Waals surface area contributed by atoms with Crippen molar-refractivity contribution in [1.82, 2.24) is 4.98 Å². The van der Waals surface area contributed by atoms with Crippen molar-refractivity contribution < 1.29 is 19.8 Å². The molecule has 0 spiro atoms. The van der Waals surface area contributed by atoms with E-state index in [2.05, 4.69) is 53.4 Å². The summed E-state index contributed by atoms with van der Waals surface area (Å²) < 4.78 is 0. The predicted octanol–water partition coefficient (Wildman–Crippen LogP) is 8.95. The number of nitrogens with zero attached hydrogens (tertiary/aromatic N) is 2. The average molecular weight is 563 g/mol. The first kappa shape index (κ1) is 27.2. The lowest BCUT2D eigenvalue weighted by molar-refractivity contribution is 0.0686. The molecule has 1 aromatic heterocycles. The van der Waals surface area contributed by atoms with Crippen molar-refractivity contribution in [3.05, 3.63) is 157 Å². The molecule has 208 valence electrons. The third kappa shape index (κ3) is 5.89. The van der Waals surface area contributed by atoms with Crippen molar-refractivity contribution in [2.45, 2.75) is 0 Å². The molecule has 6 nitrogen and oxygen atoms in total. The first-order valence-corrected chi connectivity index (χ1v) is 13.7. The molecule has 0 radical (unpaired) electrons. The number of benzene rings is 5. The van der Waals surface area contributed by atoms with Gasteiger partial charge in [-0.15, -0.1) is 0 Å². The minimum Gasteiger partial charge on any atom is -0.478 e. The molecule has 0 saturated carbocycles. The highest BCUT2D eigenvalue weighted by atomic mass is 16.4. The van der Waals surface area contributed by atoms with Crippen LogP contribution in [0.2, 0.25) is 0 Å². The molecule has 0 aliphatic heterocycles. The molecule has 5 aromatic carbocycles. The molecular weight excluding hydrogens is 536 g/mol. The van der Waals surface area contributed by atoms with Crippen LogP contribution in [0.5, 0.6) is 0 Å². The summed E-state index contributed by atoms with van der Waals surface area (Å²) in [4.78, 5) is 29.9. The Morgan fingerprint density at radius 2 is 0.814 bits per heavy atom. The molecule has 2 N–H and O–H groups in total. The summed E-state index contributed by atoms with van der Waals surface area (Å²) in [7, 11) is 0. The van der Waals surface area contributed by atoms with Crippen LogP contribution in [-0.4, -0.2) is 27.1 Å². The fourth-order valence-corrected chi connectivity index (χ4v) is 4.96. The van der Waals surface area contributed by atoms with E-state index in [1.165, 1.54) is 0 Å². The van der Waals surface area contributed by atoms with E-state index >= 15 is 0 Å². The van der Waals surface area contributed by atoms with E-state index < -0.39 is 11.9 Å². The van der Waals surface area contributed by atoms with Gasteiger partial charge in [0.2, 0.25) is 0 Å². The maximum absolute atomic E-state index is 11.4. The van der Waals surface area contributed by atoms with E-state index in [1.807, 2.05) is 48.5 Å². The number of carbonyl (C=O) groups is 2. The Bertz CT molecular complexity index is 1770. The number of carboxylic acid groups (broad SMARTS) is 2. The number of rotatable bonds is 8. The number of anilines is 3. The lowest BCUT2D eigenvalue weighted by Crippen LogP contribution is -2.09. The molecule has 0 aliphatic rings. The van der Waals surface area contributed by atoms with Crippen LogP contribution in [0.1, 0.15) is 20.7 Å². The Morgan fingerprint density at radius 1 is 0.442 bits per heavy atom. The zero-order valence-electron chi connectivity index (χ0n) is 23.0. The van der Waals surface area contributed by atoms with Crippen LogP contribution in [0.4, 0.5) is 17.1 Å². The number of hydrogen-bond acceptors (Lipinski definition) is 4. The van der Waals surface area contributed by atoms with E-state index in [-0.39, 0.29) is 11.1 Å². The lowest BCUT2D eigenvalue weighted by atomic mass is 9.98. The highest BCUT2D eigenvalue weighted by Crippen LogP contribution is 2.36. The molecule has 0 bridgehead atoms. The third-order valence-electron chi connectivity index (χ3n) is 7.17. The maximum Gasteiger partial charge on any atom is 0.335 e. The van der Waals surface area contributed by atoms with Crippen LogP contribution >= 0.6 is 0 Å². The molecule has 0 unspecified atom stereocenters. The van der Waals surface area contributed by atoms with Gasteiger partial charge in [-0.3, -0.25) is 0 Å². The molecule has 6 aromatic rings. The van der Waals surface area contributed by atoms with Gasteiger partial charge in [0.05, 0.1) is 22.5 Å². The molecule has 43 heavy (non-hydrogen) atoms. The number of aromatic carboxylic acids is 2. The summed E-state index contributed by atoms with van der Waals surface area (Å²) in [5.41, 5.74) is 8.26. The Hall–Kier alpha value is -6.01. The number of hydrogen-bond donors (Lipinski definition) is 2. The monoisotopic (exact) mass is 562 g/mol. The fourth-order valence-electron chi connectivity index (χ4n) is 4.96. The van der Waals surface area contributed by atoms with Crippen LogP contribution < -0.4 is 4.90 Å². The highest BCUT2D eigenvalue weighted by molar-refractivity contribution is 5.89. The number of para-hydroxylation sites is 2. The lowest BCUT2D eigenvalue weighted by Gasteiger charge is -2.25. The maximum atomic E-state index is 11.4. The molecule has 6 heteroatoms. The predicted molar refractivity (Wildman–Crippen MR) is 169 cm³/mol. The van der Waals surface area contributed by atoms with Gasteiger partial charge in [-0.05, 0) is 83.9 Å². The molecule has 0 atom stereocenters. The quantitative estimate of drug-likeness (QED) is 0.192. The Balaban J connectivity index is 1.43. The number of pyridine rings is 1. The first-order chi connectivity index (χ1) is 21.0. The Labute approximate surface area is 248 Å². The van der Waals surface area contributed by atoms with Crippen molar-refractivity contribution in [2.75, 3.05) is 4.90 Å². The van der Waals surface area contributed by atoms with Gasteiger partial charge in [0.15, 0.2) is 0 Å². The van der Waals surface area contributed by atoms with Crippen molar-refractivity contribution in [3.8, 4) is 33.6 Å². The number of carboxylic acids is 2. The average Bonchev–Trinajstić information content (AvgIpc) is 3.06. The Kier molecular flexibility index (Phi) is 7.49. The van der Waals surface area contributed by atoms with E-state index in [9.17, 15) is 19.8 Å². The van der Waals surface area contributed by atoms with Gasteiger partial charge in [0.1, 0.15) is 0 Å². The molecule has 0 amide bonds. The van der Waals surface area contributed by atoms with Gasteiger partial charge >= 0.3 is 11.9 Å². The van der Waals surface area contributed by atoms with Gasteiger partial charge in [-0.1, -0.05) is 72.8 Å². The van der Waals surface area contributed by atoms with Crippen LogP contribution in [0.25, 0.3) is 33.6 Å². The number of aromatic nitrogens is 1. The second-order valence-corrected chi connectivity index (χ2v) is 9.94. The standard InChI is InChI=1S/C37H26N2O4/c40-36(41)28-15-11-26(12-16-28)34-23-30(24-35(38-34)27-13-17-29(18-14-27)37(42)43)25-19-21-33(22-20-25)39(31-7-3-1-4-8-31)32-9-5-2-6-10-32/h1-24H,(H,40,41)(H,42,43). The summed E-state index contributed by atoms with van der Waals surface area (Å²) in [6.45, 7) is 0. The van der Waals surface area contributed by atoms with E-state index in [1.54, 1.807) is 48.5 Å². The van der Waals surface area contributed by atoms with Crippen molar-refractivity contribution >= 4 is 29.0 Å². The minimum atomic E-state index is -0.993. The third-order valence-corrected chi connectivity index (χ3v) is 7.17. The summed E-state index contributed by atoms with van der Waals surface area (Å²) in [6, 6.07) is 45.9. The van der Waals surface area contributed by atoms with Gasteiger partial charge in [0.25, 0.3) is 0 Å². The Morgan fingerprint density at radius 3 is 1.21 bits per heavy atom. The zero-order chi connectivity index (χ0) is 29.8. The fraction of sp³-hybridized carbons (Fsp3) is 0. The van der Waals surface area contributed by atoms with Crippen LogP contribution in [0, 0.1) is 0 Å². The van der Waals surface area contributed by atoms with Crippen molar-refractivity contribution in [3.63, 3.8) is 0 Å². The second kappa shape index (κ2) is 11.8. The molecule has 0 saturated heterocycles. The summed E-state index contributed by atoms with van der Waals surface area (Å²) in [5.74, 6) is -1.99. The molecule has 6 rings (SSSR count). The van der Waals surface area contributed by atoms with Crippen LogP contribution in [0.15, 0.2) is 146 Å². The second-order valence-electron chi connectivity index (χ2n) is 9.94. The van der Waals surface area contributed by atoms with Crippen molar-refractivity contribution in [2.24, 2.45) is 0 Å². The van der Waals surface area contributed by atoms with E-state index in [4.69, 9.17) is 4.98 Å². The SMILES string of the molecule is O=C(O)c1ccc(-c2cc(-c3ccc(N(c4ccccc4)c4ccccc4)cc3)cc(-c3ccc(C(=O)O)cc3)n2)cc1. The van der Waals surface area contributed by atoms with Gasteiger partial charge in [-0.2, -0.15) is 0 Å². The molecular formula is C37H26N2O4. The largest absolute Gasteiger partial charge is 0.478 e. The van der Waals surface area contributed by atoms with Crippen LogP contribution in [0.3, 0.4) is 0 Å².